The van der Waals surface area contributed by atoms with Gasteiger partial charge in [0.25, 0.3) is 0 Å². The Morgan fingerprint density at radius 2 is 1.95 bits per heavy atom. The molecule has 1 atom stereocenters. The summed E-state index contributed by atoms with van der Waals surface area (Å²) in [6, 6.07) is 8.31. The van der Waals surface area contributed by atoms with Crippen LogP contribution in [0.1, 0.15) is 32.8 Å². The topological polar surface area (TPSA) is 49.4 Å². The molecule has 118 valence electrons. The van der Waals surface area contributed by atoms with E-state index in [4.69, 9.17) is 0 Å². The van der Waals surface area contributed by atoms with Crippen molar-refractivity contribution >= 4 is 15.5 Å². The standard InChI is InChI=1S/C16H26N2O2S/c1-16(2,3)17-11-13-7-5-6-8-15(13)18(4)14-9-10-21(19,20)12-14/h5-8,14,17H,9-12H2,1-4H3. The Labute approximate surface area is 128 Å². The Balaban J connectivity index is 2.16. The number of nitrogens with zero attached hydrogens (tertiary/aromatic N) is 1. The van der Waals surface area contributed by atoms with Gasteiger partial charge in [-0.15, -0.1) is 0 Å². The number of sulfone groups is 1. The van der Waals surface area contributed by atoms with Crippen LogP contribution in [0.4, 0.5) is 5.69 Å². The average Bonchev–Trinajstić information content (AvgIpc) is 2.75. The van der Waals surface area contributed by atoms with Crippen LogP contribution in [-0.2, 0) is 16.4 Å². The predicted molar refractivity (Wildman–Crippen MR) is 88.5 cm³/mol. The number of hydrogen-bond donors (Lipinski definition) is 1. The first-order valence-electron chi connectivity index (χ1n) is 7.44. The minimum absolute atomic E-state index is 0.0579. The molecule has 4 nitrogen and oxygen atoms in total. The maximum atomic E-state index is 11.7. The van der Waals surface area contributed by atoms with Crippen LogP contribution < -0.4 is 10.2 Å². The highest BCUT2D eigenvalue weighted by atomic mass is 32.2. The molecule has 1 aromatic carbocycles. The minimum Gasteiger partial charge on any atom is -0.370 e. The van der Waals surface area contributed by atoms with Crippen molar-refractivity contribution in [3.63, 3.8) is 0 Å². The molecule has 0 radical (unpaired) electrons. The fourth-order valence-electron chi connectivity index (χ4n) is 2.64. The lowest BCUT2D eigenvalue weighted by atomic mass is 10.1. The average molecular weight is 310 g/mol. The van der Waals surface area contributed by atoms with Crippen LogP contribution in [0, 0.1) is 0 Å². The molecule has 1 aliphatic heterocycles. The van der Waals surface area contributed by atoms with Crippen molar-refractivity contribution in [1.29, 1.82) is 0 Å². The van der Waals surface area contributed by atoms with Crippen LogP contribution in [-0.4, -0.2) is 38.6 Å². The molecule has 21 heavy (non-hydrogen) atoms. The smallest absolute Gasteiger partial charge is 0.152 e. The Morgan fingerprint density at radius 1 is 1.29 bits per heavy atom. The van der Waals surface area contributed by atoms with Crippen LogP contribution >= 0.6 is 0 Å². The maximum absolute atomic E-state index is 11.7. The second-order valence-corrected chi connectivity index (χ2v) is 9.13. The summed E-state index contributed by atoms with van der Waals surface area (Å²) in [7, 11) is -0.853. The van der Waals surface area contributed by atoms with E-state index in [1.807, 2.05) is 19.2 Å². The summed E-state index contributed by atoms with van der Waals surface area (Å²) in [5, 5.41) is 3.50. The van der Waals surface area contributed by atoms with Crippen molar-refractivity contribution in [2.75, 3.05) is 23.5 Å². The van der Waals surface area contributed by atoms with Gasteiger partial charge in [-0.05, 0) is 38.8 Å². The third-order valence-corrected chi connectivity index (χ3v) is 5.69. The van der Waals surface area contributed by atoms with Gasteiger partial charge in [0.05, 0.1) is 11.5 Å². The summed E-state index contributed by atoms with van der Waals surface area (Å²) >= 11 is 0. The summed E-state index contributed by atoms with van der Waals surface area (Å²) < 4.78 is 23.4. The van der Waals surface area contributed by atoms with Gasteiger partial charge in [0.2, 0.25) is 0 Å². The first-order valence-corrected chi connectivity index (χ1v) is 9.26. The Bertz CT molecular complexity index is 591. The molecule has 0 saturated carbocycles. The lowest BCUT2D eigenvalue weighted by Crippen LogP contribution is -2.37. The van der Waals surface area contributed by atoms with Crippen molar-refractivity contribution in [3.8, 4) is 0 Å². The normalized spacial score (nSPS) is 21.4. The van der Waals surface area contributed by atoms with E-state index in [0.29, 0.717) is 5.75 Å². The molecular formula is C16H26N2O2S. The predicted octanol–water partition coefficient (Wildman–Crippen LogP) is 2.20. The van der Waals surface area contributed by atoms with E-state index in [1.165, 1.54) is 5.56 Å². The molecule has 0 aliphatic carbocycles. The number of rotatable bonds is 4. The first kappa shape index (κ1) is 16.3. The fourth-order valence-corrected chi connectivity index (χ4v) is 4.42. The van der Waals surface area contributed by atoms with Crippen molar-refractivity contribution in [2.24, 2.45) is 0 Å². The van der Waals surface area contributed by atoms with Crippen molar-refractivity contribution in [1.82, 2.24) is 5.32 Å². The van der Waals surface area contributed by atoms with E-state index < -0.39 is 9.84 Å². The molecule has 1 saturated heterocycles. The SMILES string of the molecule is CN(c1ccccc1CNC(C)(C)C)C1CCS(=O)(=O)C1. The number of nitrogens with one attached hydrogen (secondary N) is 1. The lowest BCUT2D eigenvalue weighted by molar-refractivity contribution is 0.424. The van der Waals surface area contributed by atoms with Gasteiger partial charge in [0, 0.05) is 30.9 Å². The molecule has 0 bridgehead atoms. The minimum atomic E-state index is -2.85. The molecule has 1 fully saturated rings. The third-order valence-electron chi connectivity index (χ3n) is 3.94. The van der Waals surface area contributed by atoms with Crippen LogP contribution in [0.3, 0.4) is 0 Å². The van der Waals surface area contributed by atoms with E-state index in [0.717, 1.165) is 18.7 Å². The van der Waals surface area contributed by atoms with Crippen molar-refractivity contribution in [2.45, 2.75) is 45.3 Å². The Hall–Kier alpha value is -1.07. The monoisotopic (exact) mass is 310 g/mol. The van der Waals surface area contributed by atoms with E-state index in [1.54, 1.807) is 0 Å². The van der Waals surface area contributed by atoms with Crippen LogP contribution in [0.2, 0.25) is 0 Å². The number of benzene rings is 1. The molecule has 1 unspecified atom stereocenters. The van der Waals surface area contributed by atoms with Gasteiger partial charge < -0.3 is 10.2 Å². The molecule has 1 N–H and O–H groups in total. The van der Waals surface area contributed by atoms with E-state index >= 15 is 0 Å². The fraction of sp³-hybridized carbons (Fsp3) is 0.625. The Morgan fingerprint density at radius 3 is 2.52 bits per heavy atom. The summed E-state index contributed by atoms with van der Waals surface area (Å²) in [6.07, 6.45) is 0.722. The van der Waals surface area contributed by atoms with E-state index in [9.17, 15) is 8.42 Å². The molecule has 0 aromatic heterocycles. The largest absolute Gasteiger partial charge is 0.370 e. The number of para-hydroxylation sites is 1. The summed E-state index contributed by atoms with van der Waals surface area (Å²) in [5.74, 6) is 0.578. The van der Waals surface area contributed by atoms with Crippen molar-refractivity contribution in [3.05, 3.63) is 29.8 Å². The molecule has 5 heteroatoms. The zero-order valence-corrected chi connectivity index (χ0v) is 14.2. The molecule has 0 amide bonds. The van der Waals surface area contributed by atoms with Gasteiger partial charge in [-0.2, -0.15) is 0 Å². The van der Waals surface area contributed by atoms with Gasteiger partial charge in [-0.25, -0.2) is 8.42 Å². The highest BCUT2D eigenvalue weighted by Gasteiger charge is 2.31. The number of hydrogen-bond acceptors (Lipinski definition) is 4. The second kappa shape index (κ2) is 5.97. The zero-order valence-electron chi connectivity index (χ0n) is 13.4. The summed E-state index contributed by atoms with van der Waals surface area (Å²) in [4.78, 5) is 2.13. The Kier molecular flexibility index (Phi) is 4.63. The van der Waals surface area contributed by atoms with Gasteiger partial charge in [-0.3, -0.25) is 0 Å². The molecule has 1 aromatic rings. The van der Waals surface area contributed by atoms with Gasteiger partial charge in [0.15, 0.2) is 9.84 Å². The first-order chi connectivity index (χ1) is 9.68. The molecule has 1 aliphatic rings. The van der Waals surface area contributed by atoms with Crippen molar-refractivity contribution < 1.29 is 8.42 Å². The highest BCUT2D eigenvalue weighted by molar-refractivity contribution is 7.91. The molecule has 1 heterocycles. The van der Waals surface area contributed by atoms with Gasteiger partial charge in [0.1, 0.15) is 0 Å². The van der Waals surface area contributed by atoms with Crippen LogP contribution in [0.25, 0.3) is 0 Å². The van der Waals surface area contributed by atoms with Gasteiger partial charge in [-0.1, -0.05) is 18.2 Å². The van der Waals surface area contributed by atoms with Crippen LogP contribution in [0.15, 0.2) is 24.3 Å². The maximum Gasteiger partial charge on any atom is 0.152 e. The highest BCUT2D eigenvalue weighted by Crippen LogP contribution is 2.26. The summed E-state index contributed by atoms with van der Waals surface area (Å²) in [5.41, 5.74) is 2.39. The molecule has 2 rings (SSSR count). The molecular weight excluding hydrogens is 284 g/mol. The second-order valence-electron chi connectivity index (χ2n) is 6.90. The van der Waals surface area contributed by atoms with E-state index in [2.05, 4.69) is 43.1 Å². The zero-order chi connectivity index (χ0) is 15.7. The summed E-state index contributed by atoms with van der Waals surface area (Å²) in [6.45, 7) is 7.21. The molecule has 0 spiro atoms. The third kappa shape index (κ3) is 4.45. The lowest BCUT2D eigenvalue weighted by Gasteiger charge is -2.29. The van der Waals surface area contributed by atoms with E-state index in [-0.39, 0.29) is 17.3 Å². The number of anilines is 1. The quantitative estimate of drug-likeness (QED) is 0.926. The van der Waals surface area contributed by atoms with Crippen LogP contribution in [0.5, 0.6) is 0 Å². The van der Waals surface area contributed by atoms with Gasteiger partial charge >= 0.3 is 0 Å².